The Morgan fingerprint density at radius 1 is 1.29 bits per heavy atom. The van der Waals surface area contributed by atoms with Crippen LogP contribution >= 0.6 is 31.9 Å². The monoisotopic (exact) mass is 503 g/mol. The Balaban J connectivity index is 1.93. The summed E-state index contributed by atoms with van der Waals surface area (Å²) in [5.74, 6) is -0.311. The topological polar surface area (TPSA) is 93.9 Å². The van der Waals surface area contributed by atoms with Crippen LogP contribution in [0.15, 0.2) is 56.8 Å². The molecule has 0 spiro atoms. The van der Waals surface area contributed by atoms with Crippen molar-refractivity contribution in [3.05, 3.63) is 79.8 Å². The molecule has 3 rings (SSSR count). The number of nitriles is 1. The SMILES string of the molecule is N#Cc1c(-c2ccccc2)nc(NN=Cc2ccc(Br)c(F)c2CBr)[nH]c1=O. The molecule has 0 saturated heterocycles. The predicted molar refractivity (Wildman–Crippen MR) is 113 cm³/mol. The Morgan fingerprint density at radius 2 is 2.04 bits per heavy atom. The molecule has 2 N–H and O–H groups in total. The van der Waals surface area contributed by atoms with E-state index in [4.69, 9.17) is 0 Å². The molecule has 28 heavy (non-hydrogen) atoms. The Morgan fingerprint density at radius 3 is 2.71 bits per heavy atom. The van der Waals surface area contributed by atoms with Crippen LogP contribution in [0.25, 0.3) is 11.3 Å². The van der Waals surface area contributed by atoms with Crippen molar-refractivity contribution in [1.29, 1.82) is 5.26 Å². The molecule has 0 amide bonds. The van der Waals surface area contributed by atoms with E-state index in [1.54, 1.807) is 36.4 Å². The van der Waals surface area contributed by atoms with Crippen LogP contribution in [-0.2, 0) is 5.33 Å². The van der Waals surface area contributed by atoms with Crippen LogP contribution in [-0.4, -0.2) is 16.2 Å². The van der Waals surface area contributed by atoms with Crippen molar-refractivity contribution in [2.45, 2.75) is 5.33 Å². The molecule has 3 aromatic rings. The number of nitrogens with zero attached hydrogens (tertiary/aromatic N) is 3. The fourth-order valence-electron chi connectivity index (χ4n) is 2.46. The van der Waals surface area contributed by atoms with Gasteiger partial charge in [-0.2, -0.15) is 10.4 Å². The second kappa shape index (κ2) is 8.91. The van der Waals surface area contributed by atoms with Crippen LogP contribution in [0.5, 0.6) is 0 Å². The molecule has 2 aromatic carbocycles. The van der Waals surface area contributed by atoms with E-state index in [0.717, 1.165) is 0 Å². The maximum Gasteiger partial charge on any atom is 0.270 e. The molecule has 0 unspecified atom stereocenters. The largest absolute Gasteiger partial charge is 0.290 e. The summed E-state index contributed by atoms with van der Waals surface area (Å²) in [5.41, 5.74) is 3.84. The molecular weight excluding hydrogens is 493 g/mol. The molecule has 0 bridgehead atoms. The predicted octanol–water partition coefficient (Wildman–Crippen LogP) is 4.55. The zero-order chi connectivity index (χ0) is 20.1. The first-order chi connectivity index (χ1) is 13.5. The molecule has 0 aliphatic rings. The minimum atomic E-state index is -0.579. The summed E-state index contributed by atoms with van der Waals surface area (Å²) >= 11 is 6.40. The van der Waals surface area contributed by atoms with Gasteiger partial charge >= 0.3 is 0 Å². The van der Waals surface area contributed by atoms with E-state index in [1.807, 2.05) is 12.1 Å². The number of alkyl halides is 1. The van der Waals surface area contributed by atoms with Crippen LogP contribution in [0.2, 0.25) is 0 Å². The van der Waals surface area contributed by atoms with E-state index in [2.05, 4.69) is 52.4 Å². The molecule has 0 atom stereocenters. The normalized spacial score (nSPS) is 10.8. The summed E-state index contributed by atoms with van der Waals surface area (Å²) in [6.07, 6.45) is 1.42. The summed E-state index contributed by atoms with van der Waals surface area (Å²) in [6, 6.07) is 14.1. The van der Waals surface area contributed by atoms with Crippen LogP contribution < -0.4 is 11.0 Å². The van der Waals surface area contributed by atoms with E-state index < -0.39 is 5.56 Å². The zero-order valence-electron chi connectivity index (χ0n) is 14.2. The standard InChI is InChI=1S/C19H12Br2FN5O/c20-8-13-12(6-7-15(21)16(13)22)10-24-27-19-25-17(11-4-2-1-3-5-11)14(9-23)18(28)26-19/h1-7,10H,8H2,(H2,25,26,27,28). The Kier molecular flexibility index (Phi) is 6.34. The van der Waals surface area contributed by atoms with Gasteiger partial charge in [0, 0.05) is 22.0 Å². The zero-order valence-corrected chi connectivity index (χ0v) is 17.4. The summed E-state index contributed by atoms with van der Waals surface area (Å²) < 4.78 is 14.5. The van der Waals surface area contributed by atoms with Crippen molar-refractivity contribution in [3.8, 4) is 17.3 Å². The molecule has 0 fully saturated rings. The molecule has 6 nitrogen and oxygen atoms in total. The van der Waals surface area contributed by atoms with Crippen molar-refractivity contribution in [1.82, 2.24) is 9.97 Å². The minimum absolute atomic E-state index is 0.0667. The highest BCUT2D eigenvalue weighted by atomic mass is 79.9. The molecule has 140 valence electrons. The number of hydrogen-bond donors (Lipinski definition) is 2. The molecule has 1 heterocycles. The van der Waals surface area contributed by atoms with Gasteiger partial charge in [0.05, 0.1) is 16.4 Å². The molecule has 0 aliphatic heterocycles. The quantitative estimate of drug-likeness (QED) is 0.303. The van der Waals surface area contributed by atoms with Gasteiger partial charge in [-0.1, -0.05) is 52.3 Å². The highest BCUT2D eigenvalue weighted by molar-refractivity contribution is 9.10. The summed E-state index contributed by atoms with van der Waals surface area (Å²) in [7, 11) is 0. The van der Waals surface area contributed by atoms with Gasteiger partial charge in [0.25, 0.3) is 5.56 Å². The fourth-order valence-corrected chi connectivity index (χ4v) is 3.40. The lowest BCUT2D eigenvalue weighted by Gasteiger charge is -2.07. The lowest BCUT2D eigenvalue weighted by atomic mass is 10.1. The van der Waals surface area contributed by atoms with Crippen molar-refractivity contribution in [2.75, 3.05) is 5.43 Å². The average Bonchev–Trinajstić information content (AvgIpc) is 2.71. The van der Waals surface area contributed by atoms with E-state index in [0.29, 0.717) is 26.5 Å². The number of nitrogens with one attached hydrogen (secondary N) is 2. The van der Waals surface area contributed by atoms with Gasteiger partial charge in [0.2, 0.25) is 5.95 Å². The van der Waals surface area contributed by atoms with Crippen molar-refractivity contribution in [2.24, 2.45) is 5.10 Å². The summed E-state index contributed by atoms with van der Waals surface area (Å²) in [5, 5.41) is 13.6. The van der Waals surface area contributed by atoms with E-state index in [-0.39, 0.29) is 23.0 Å². The van der Waals surface area contributed by atoms with E-state index >= 15 is 0 Å². The van der Waals surface area contributed by atoms with Gasteiger partial charge in [-0.3, -0.25) is 9.78 Å². The van der Waals surface area contributed by atoms with Gasteiger partial charge in [-0.15, -0.1) is 0 Å². The van der Waals surface area contributed by atoms with Crippen molar-refractivity contribution in [3.63, 3.8) is 0 Å². The van der Waals surface area contributed by atoms with Gasteiger partial charge in [0.15, 0.2) is 0 Å². The van der Waals surface area contributed by atoms with Gasteiger partial charge in [-0.05, 0) is 22.0 Å². The van der Waals surface area contributed by atoms with Crippen molar-refractivity contribution < 1.29 is 4.39 Å². The number of benzene rings is 2. The average molecular weight is 505 g/mol. The first kappa shape index (κ1) is 19.9. The molecular formula is C19H12Br2FN5O. The third kappa shape index (κ3) is 4.18. The second-order valence-corrected chi connectivity index (χ2v) is 6.96. The smallest absolute Gasteiger partial charge is 0.270 e. The van der Waals surface area contributed by atoms with Crippen LogP contribution in [0, 0.1) is 17.1 Å². The highest BCUT2D eigenvalue weighted by Crippen LogP contribution is 2.24. The number of hydrazone groups is 1. The highest BCUT2D eigenvalue weighted by Gasteiger charge is 2.13. The Labute approximate surface area is 176 Å². The first-order valence-corrected chi connectivity index (χ1v) is 9.88. The lowest BCUT2D eigenvalue weighted by Crippen LogP contribution is -2.16. The summed E-state index contributed by atoms with van der Waals surface area (Å²) in [6.45, 7) is 0. The van der Waals surface area contributed by atoms with E-state index in [1.165, 1.54) is 6.21 Å². The number of aromatic nitrogens is 2. The Bertz CT molecular complexity index is 1140. The third-order valence-corrected chi connectivity index (χ3v) is 4.99. The fraction of sp³-hybridized carbons (Fsp3) is 0.0526. The summed E-state index contributed by atoms with van der Waals surface area (Å²) in [4.78, 5) is 19.0. The second-order valence-electron chi connectivity index (χ2n) is 5.55. The molecule has 0 radical (unpaired) electrons. The maximum absolute atomic E-state index is 14.1. The minimum Gasteiger partial charge on any atom is -0.290 e. The van der Waals surface area contributed by atoms with Gasteiger partial charge in [0.1, 0.15) is 17.4 Å². The van der Waals surface area contributed by atoms with Crippen molar-refractivity contribution >= 4 is 44.0 Å². The van der Waals surface area contributed by atoms with Gasteiger partial charge < -0.3 is 0 Å². The molecule has 0 saturated carbocycles. The van der Waals surface area contributed by atoms with Crippen LogP contribution in [0.1, 0.15) is 16.7 Å². The number of H-pyrrole nitrogens is 1. The number of anilines is 1. The molecule has 9 heteroatoms. The lowest BCUT2D eigenvalue weighted by molar-refractivity contribution is 0.610. The van der Waals surface area contributed by atoms with Crippen LogP contribution in [0.4, 0.5) is 10.3 Å². The van der Waals surface area contributed by atoms with E-state index in [9.17, 15) is 14.4 Å². The first-order valence-electron chi connectivity index (χ1n) is 7.97. The Hall–Kier alpha value is -2.83. The number of halogens is 3. The van der Waals surface area contributed by atoms with Gasteiger partial charge in [-0.25, -0.2) is 14.8 Å². The molecule has 0 aliphatic carbocycles. The van der Waals surface area contributed by atoms with Crippen LogP contribution in [0.3, 0.4) is 0 Å². The number of aromatic amines is 1. The molecule has 1 aromatic heterocycles. The maximum atomic E-state index is 14.1. The number of rotatable bonds is 5. The number of hydrogen-bond acceptors (Lipinski definition) is 5. The third-order valence-electron chi connectivity index (χ3n) is 3.82.